The second kappa shape index (κ2) is 12.3. The van der Waals surface area contributed by atoms with Crippen molar-refractivity contribution < 1.29 is 91.3 Å². The molecule has 0 aromatic heterocycles. The van der Waals surface area contributed by atoms with E-state index in [1.807, 2.05) is 0 Å². The fourth-order valence-corrected chi connectivity index (χ4v) is 0. The standard InChI is InChI=1S/CH2O3.Ce.3FH.La/c2-1(3)4;;;;;/h(H2,2,3,4);;3*1H;/q;+3;;;;/p-3. The minimum atomic E-state index is -5.16. The summed E-state index contributed by atoms with van der Waals surface area (Å²) in [5.74, 6) is 0. The SMILES string of the molecule is O=C(O)O.[F][Ce]([F])[F].[La]. The van der Waals surface area contributed by atoms with E-state index in [4.69, 9.17) is 15.0 Å². The van der Waals surface area contributed by atoms with Crippen LogP contribution in [0, 0.1) is 73.5 Å². The van der Waals surface area contributed by atoms with Crippen LogP contribution in [-0.2, 0) is 0 Å². The summed E-state index contributed by atoms with van der Waals surface area (Å²) in [6, 6.07) is 0. The molecule has 0 aliphatic heterocycles. The van der Waals surface area contributed by atoms with E-state index in [-0.39, 0.29) is 35.6 Å². The maximum atomic E-state index is 9.88. The quantitative estimate of drug-likeness (QED) is 0.651. The molecule has 0 heterocycles. The van der Waals surface area contributed by atoms with E-state index in [2.05, 4.69) is 0 Å². The van der Waals surface area contributed by atoms with Crippen molar-refractivity contribution in [3.63, 3.8) is 0 Å². The van der Waals surface area contributed by atoms with Gasteiger partial charge in [-0.1, -0.05) is 0 Å². The molecule has 0 aliphatic carbocycles. The molecule has 0 aromatic rings. The van der Waals surface area contributed by atoms with Crippen molar-refractivity contribution in [1.82, 2.24) is 0 Å². The third-order valence-corrected chi connectivity index (χ3v) is 0. The van der Waals surface area contributed by atoms with Crippen molar-refractivity contribution in [3.05, 3.63) is 0 Å². The van der Waals surface area contributed by atoms with Gasteiger partial charge in [-0.15, -0.1) is 0 Å². The van der Waals surface area contributed by atoms with Crippen LogP contribution >= 0.6 is 0 Å². The summed E-state index contributed by atoms with van der Waals surface area (Å²) in [6.45, 7) is 0. The van der Waals surface area contributed by atoms with Gasteiger partial charge in [0.05, 0.1) is 0 Å². The van der Waals surface area contributed by atoms with Crippen LogP contribution < -0.4 is 0 Å². The van der Waals surface area contributed by atoms with Crippen LogP contribution in [0.15, 0.2) is 0 Å². The summed E-state index contributed by atoms with van der Waals surface area (Å²) < 4.78 is 29.6. The molecule has 2 N–H and O–H groups in total. The first kappa shape index (κ1) is 16.9. The third-order valence-electron chi connectivity index (χ3n) is 0. The molecule has 52 valence electrons. The molecule has 0 spiro atoms. The monoisotopic (exact) mass is 398 g/mol. The van der Waals surface area contributed by atoms with Crippen molar-refractivity contribution in [1.29, 1.82) is 0 Å². The van der Waals surface area contributed by atoms with Crippen LogP contribution in [0.3, 0.4) is 0 Å². The molecule has 0 rings (SSSR count). The number of hydrogen-bond acceptors (Lipinski definition) is 1. The smallest absolute Gasteiger partial charge is 0 e. The Kier molecular flexibility index (Phi) is 23.2. The third kappa shape index (κ3) is 211. The van der Waals surface area contributed by atoms with E-state index in [1.54, 1.807) is 0 Å². The summed E-state index contributed by atoms with van der Waals surface area (Å²) in [6.07, 6.45) is -1.83. The largest absolute Gasteiger partial charge is 0 e. The fraction of sp³-hybridized carbons (Fsp3) is 0. The van der Waals surface area contributed by atoms with Gasteiger partial charge in [0.2, 0.25) is 0 Å². The molecule has 0 aromatic carbocycles. The van der Waals surface area contributed by atoms with E-state index < -0.39 is 44.1 Å². The minimum Gasteiger partial charge on any atom is 0 e. The fourth-order valence-electron chi connectivity index (χ4n) is 0. The minimum absolute atomic E-state index is 0. The first-order valence-corrected chi connectivity index (χ1v) is 4.78. The van der Waals surface area contributed by atoms with Gasteiger partial charge in [-0.3, -0.25) is 0 Å². The van der Waals surface area contributed by atoms with E-state index in [0.717, 1.165) is 0 Å². The van der Waals surface area contributed by atoms with Crippen LogP contribution in [0.2, 0.25) is 0 Å². The van der Waals surface area contributed by atoms with E-state index in [1.165, 1.54) is 0 Å². The Morgan fingerprint density at radius 2 is 1.22 bits per heavy atom. The van der Waals surface area contributed by atoms with Gasteiger partial charge in [0.15, 0.2) is 0 Å². The zero-order valence-corrected chi connectivity index (χ0v) is 10.8. The molecule has 0 saturated carbocycles. The molecular weight excluding hydrogens is 396 g/mol. The van der Waals surface area contributed by atoms with Crippen LogP contribution in [0.1, 0.15) is 0 Å². The Hall–Kier alpha value is 1.63. The first-order valence-electron chi connectivity index (χ1n) is 1.22. The average molecular weight is 398 g/mol. The molecule has 3 nitrogen and oxygen atoms in total. The Balaban J connectivity index is -0.0000000720. The molecule has 0 fully saturated rings. The van der Waals surface area contributed by atoms with Gasteiger partial charge in [0.1, 0.15) is 0 Å². The Labute approximate surface area is 95.5 Å². The topological polar surface area (TPSA) is 57.5 Å². The van der Waals surface area contributed by atoms with Gasteiger partial charge in [0, 0.05) is 35.6 Å². The molecule has 0 atom stereocenters. The molecule has 0 saturated heterocycles. The van der Waals surface area contributed by atoms with Gasteiger partial charge < -0.3 is 10.2 Å². The second-order valence-electron chi connectivity index (χ2n) is 0.497. The molecule has 0 amide bonds. The van der Waals surface area contributed by atoms with Crippen LogP contribution in [-0.4, -0.2) is 16.4 Å². The number of carboxylic acid groups (broad SMARTS) is 2. The van der Waals surface area contributed by atoms with Crippen LogP contribution in [0.25, 0.3) is 0 Å². The van der Waals surface area contributed by atoms with Gasteiger partial charge in [-0.2, -0.15) is 0 Å². The normalized spacial score (nSPS) is 5.67. The van der Waals surface area contributed by atoms with Crippen molar-refractivity contribution >= 4 is 6.16 Å². The molecule has 0 bridgehead atoms. The maximum absolute atomic E-state index is 9.88. The van der Waals surface area contributed by atoms with Crippen LogP contribution in [0.4, 0.5) is 7.52 Å². The number of hydrogen-bond donors (Lipinski definition) is 2. The van der Waals surface area contributed by atoms with Crippen molar-refractivity contribution in [2.45, 2.75) is 0 Å². The predicted molar refractivity (Wildman–Crippen MR) is 14.0 cm³/mol. The van der Waals surface area contributed by atoms with Crippen molar-refractivity contribution in [3.8, 4) is 0 Å². The number of carbonyl (C=O) groups is 1. The Bertz CT molecular complexity index is 63.3. The predicted octanol–water partition coefficient (Wildman–Crippen LogP) is 1.48. The molecule has 0 unspecified atom stereocenters. The summed E-state index contributed by atoms with van der Waals surface area (Å²) >= 11 is -5.16. The van der Waals surface area contributed by atoms with Gasteiger partial charge in [-0.25, -0.2) is 4.79 Å². The molecule has 9 heavy (non-hydrogen) atoms. The van der Waals surface area contributed by atoms with Gasteiger partial charge >= 0.3 is 46.8 Å². The summed E-state index contributed by atoms with van der Waals surface area (Å²) in [5, 5.41) is 13.9. The molecule has 8 heteroatoms. The molecular formula is CH2CeF3LaO3. The summed E-state index contributed by atoms with van der Waals surface area (Å²) in [7, 11) is 0. The average Bonchev–Trinajstić information content (AvgIpc) is 1.25. The summed E-state index contributed by atoms with van der Waals surface area (Å²) in [5.41, 5.74) is 0. The van der Waals surface area contributed by atoms with E-state index >= 15 is 0 Å². The maximum Gasteiger partial charge on any atom is 0 e. The summed E-state index contributed by atoms with van der Waals surface area (Å²) in [4.78, 5) is 8.56. The zero-order valence-electron chi connectivity index (χ0n) is 4.01. The van der Waals surface area contributed by atoms with Crippen molar-refractivity contribution in [2.75, 3.05) is 0 Å². The Morgan fingerprint density at radius 3 is 1.22 bits per heavy atom. The number of rotatable bonds is 0. The van der Waals surface area contributed by atoms with Gasteiger partial charge in [-0.05, 0) is 0 Å². The van der Waals surface area contributed by atoms with E-state index in [9.17, 15) is 2.73 Å². The first-order chi connectivity index (χ1) is 3.46. The molecule has 0 aliphatic rings. The van der Waals surface area contributed by atoms with E-state index in [0.29, 0.717) is 0 Å². The second-order valence-corrected chi connectivity index (χ2v) is 1.84. The molecule has 1 radical (unpaired) electrons. The number of halogens is 3. The van der Waals surface area contributed by atoms with Crippen LogP contribution in [0.5, 0.6) is 0 Å². The van der Waals surface area contributed by atoms with Crippen molar-refractivity contribution in [2.24, 2.45) is 0 Å². The zero-order chi connectivity index (χ0) is 7.15. The Morgan fingerprint density at radius 1 is 1.22 bits per heavy atom. The van der Waals surface area contributed by atoms with Gasteiger partial charge in [0.25, 0.3) is 0 Å².